The van der Waals surface area contributed by atoms with E-state index < -0.39 is 5.63 Å². The third-order valence-electron chi connectivity index (χ3n) is 4.10. The fourth-order valence-corrected chi connectivity index (χ4v) is 3.17. The van der Waals surface area contributed by atoms with Crippen molar-refractivity contribution < 1.29 is 9.21 Å². The molecule has 0 radical (unpaired) electrons. The van der Waals surface area contributed by atoms with Crippen molar-refractivity contribution in [2.45, 2.75) is 13.5 Å². The first-order chi connectivity index (χ1) is 12.5. The van der Waals surface area contributed by atoms with E-state index in [-0.39, 0.29) is 12.5 Å². The number of benzene rings is 2. The summed E-state index contributed by atoms with van der Waals surface area (Å²) in [6.07, 6.45) is 1.42. The second kappa shape index (κ2) is 6.31. The SMILES string of the molecule is Cc1ccc(NC(=O)Cn2ncc3c(=O)oc4ccccc4c32)c(Cl)c1. The molecule has 2 aromatic carbocycles. The number of hydrogen-bond acceptors (Lipinski definition) is 4. The molecule has 0 aliphatic heterocycles. The molecule has 1 amide bonds. The summed E-state index contributed by atoms with van der Waals surface area (Å²) in [5, 5.41) is 8.49. The van der Waals surface area contributed by atoms with Gasteiger partial charge in [0.05, 0.1) is 22.4 Å². The highest BCUT2D eigenvalue weighted by Crippen LogP contribution is 2.24. The van der Waals surface area contributed by atoms with E-state index in [1.165, 1.54) is 10.9 Å². The largest absolute Gasteiger partial charge is 0.422 e. The highest BCUT2D eigenvalue weighted by molar-refractivity contribution is 6.33. The highest BCUT2D eigenvalue weighted by Gasteiger charge is 2.15. The number of carbonyl (C=O) groups excluding carboxylic acids is 1. The predicted molar refractivity (Wildman–Crippen MR) is 101 cm³/mol. The molecular formula is C19H14ClN3O3. The van der Waals surface area contributed by atoms with E-state index in [1.54, 1.807) is 24.3 Å². The summed E-state index contributed by atoms with van der Waals surface area (Å²) in [7, 11) is 0. The van der Waals surface area contributed by atoms with E-state index in [0.29, 0.717) is 27.2 Å². The van der Waals surface area contributed by atoms with Crippen LogP contribution in [0.5, 0.6) is 0 Å². The van der Waals surface area contributed by atoms with Gasteiger partial charge < -0.3 is 9.73 Å². The van der Waals surface area contributed by atoms with Crippen LogP contribution in [-0.4, -0.2) is 15.7 Å². The number of rotatable bonds is 3. The lowest BCUT2D eigenvalue weighted by molar-refractivity contribution is -0.116. The molecule has 6 nitrogen and oxygen atoms in total. The maximum absolute atomic E-state index is 12.4. The van der Waals surface area contributed by atoms with Gasteiger partial charge in [0.2, 0.25) is 5.91 Å². The zero-order chi connectivity index (χ0) is 18.3. The van der Waals surface area contributed by atoms with Crippen LogP contribution in [0.3, 0.4) is 0 Å². The van der Waals surface area contributed by atoms with Gasteiger partial charge in [-0.15, -0.1) is 0 Å². The summed E-state index contributed by atoms with van der Waals surface area (Å²) in [5.41, 5.74) is 2.08. The number of aromatic nitrogens is 2. The first-order valence-corrected chi connectivity index (χ1v) is 8.34. The number of halogens is 1. The Labute approximate surface area is 153 Å². The predicted octanol–water partition coefficient (Wildman–Crippen LogP) is 3.74. The second-order valence-electron chi connectivity index (χ2n) is 5.98. The lowest BCUT2D eigenvalue weighted by atomic mass is 10.2. The number of para-hydroxylation sites is 1. The molecule has 0 unspecified atom stereocenters. The number of anilines is 1. The number of hydrogen-bond donors (Lipinski definition) is 1. The van der Waals surface area contributed by atoms with Crippen LogP contribution in [0.4, 0.5) is 5.69 Å². The Morgan fingerprint density at radius 1 is 1.23 bits per heavy atom. The fraction of sp³-hybridized carbons (Fsp3) is 0.105. The lowest BCUT2D eigenvalue weighted by Gasteiger charge is -2.09. The van der Waals surface area contributed by atoms with Crippen LogP contribution < -0.4 is 10.9 Å². The normalized spacial score (nSPS) is 11.2. The average molecular weight is 368 g/mol. The molecule has 1 N–H and O–H groups in total. The molecule has 0 fully saturated rings. The molecule has 0 saturated heterocycles. The molecule has 0 saturated carbocycles. The lowest BCUT2D eigenvalue weighted by Crippen LogP contribution is -2.19. The van der Waals surface area contributed by atoms with E-state index in [9.17, 15) is 9.59 Å². The molecule has 4 aromatic rings. The smallest absolute Gasteiger partial charge is 0.347 e. The van der Waals surface area contributed by atoms with Crippen molar-refractivity contribution in [1.82, 2.24) is 9.78 Å². The maximum Gasteiger partial charge on any atom is 0.347 e. The molecule has 130 valence electrons. The number of nitrogens with one attached hydrogen (secondary N) is 1. The molecule has 0 atom stereocenters. The third kappa shape index (κ3) is 2.84. The van der Waals surface area contributed by atoms with Gasteiger partial charge in [-0.05, 0) is 36.8 Å². The third-order valence-corrected chi connectivity index (χ3v) is 4.41. The Morgan fingerprint density at radius 3 is 2.85 bits per heavy atom. The molecule has 7 heteroatoms. The van der Waals surface area contributed by atoms with Crippen LogP contribution in [0.1, 0.15) is 5.56 Å². The van der Waals surface area contributed by atoms with Gasteiger partial charge in [0, 0.05) is 5.39 Å². The molecule has 2 aromatic heterocycles. The minimum atomic E-state index is -0.480. The standard InChI is InChI=1S/C19H14ClN3O3/c1-11-6-7-15(14(20)8-11)22-17(24)10-23-18-12-4-2-3-5-16(12)26-19(25)13(18)9-21-23/h2-9H,10H2,1H3,(H,22,24). The zero-order valence-corrected chi connectivity index (χ0v) is 14.6. The number of carbonyl (C=O) groups is 1. The molecular weight excluding hydrogens is 354 g/mol. The van der Waals surface area contributed by atoms with E-state index in [2.05, 4.69) is 10.4 Å². The summed E-state index contributed by atoms with van der Waals surface area (Å²) < 4.78 is 6.78. The summed E-state index contributed by atoms with van der Waals surface area (Å²) >= 11 is 6.16. The minimum Gasteiger partial charge on any atom is -0.422 e. The van der Waals surface area contributed by atoms with Gasteiger partial charge in [-0.25, -0.2) is 4.79 Å². The van der Waals surface area contributed by atoms with Gasteiger partial charge in [0.1, 0.15) is 17.5 Å². The van der Waals surface area contributed by atoms with Crippen molar-refractivity contribution >= 4 is 45.1 Å². The minimum absolute atomic E-state index is 0.0544. The van der Waals surface area contributed by atoms with Gasteiger partial charge in [-0.2, -0.15) is 5.10 Å². The van der Waals surface area contributed by atoms with Gasteiger partial charge in [0.25, 0.3) is 0 Å². The van der Waals surface area contributed by atoms with Crippen LogP contribution in [-0.2, 0) is 11.3 Å². The van der Waals surface area contributed by atoms with Crippen molar-refractivity contribution in [3.63, 3.8) is 0 Å². The summed E-state index contributed by atoms with van der Waals surface area (Å²) in [5.74, 6) is -0.293. The van der Waals surface area contributed by atoms with Crippen molar-refractivity contribution in [2.75, 3.05) is 5.32 Å². The summed E-state index contributed by atoms with van der Waals surface area (Å²) in [6, 6.07) is 12.5. The molecule has 4 rings (SSSR count). The number of fused-ring (bicyclic) bond motifs is 3. The Kier molecular flexibility index (Phi) is 3.97. The Hall–Kier alpha value is -3.12. The van der Waals surface area contributed by atoms with E-state index in [0.717, 1.165) is 10.9 Å². The topological polar surface area (TPSA) is 77.1 Å². The fourth-order valence-electron chi connectivity index (χ4n) is 2.89. The number of amides is 1. The summed E-state index contributed by atoms with van der Waals surface area (Å²) in [6.45, 7) is 1.87. The van der Waals surface area contributed by atoms with Crippen LogP contribution in [0, 0.1) is 6.92 Å². The van der Waals surface area contributed by atoms with Crippen LogP contribution in [0.15, 0.2) is 57.9 Å². The Bertz CT molecular complexity index is 1210. The zero-order valence-electron chi connectivity index (χ0n) is 13.8. The van der Waals surface area contributed by atoms with E-state index >= 15 is 0 Å². The number of aryl methyl sites for hydroxylation is 1. The van der Waals surface area contributed by atoms with Crippen LogP contribution in [0.25, 0.3) is 21.9 Å². The van der Waals surface area contributed by atoms with Crippen LogP contribution >= 0.6 is 11.6 Å². The molecule has 0 spiro atoms. The molecule has 26 heavy (non-hydrogen) atoms. The first-order valence-electron chi connectivity index (χ1n) is 7.96. The van der Waals surface area contributed by atoms with Gasteiger partial charge >= 0.3 is 5.63 Å². The van der Waals surface area contributed by atoms with E-state index in [1.807, 2.05) is 25.1 Å². The van der Waals surface area contributed by atoms with Gasteiger partial charge in [-0.1, -0.05) is 29.8 Å². The Morgan fingerprint density at radius 2 is 2.04 bits per heavy atom. The van der Waals surface area contributed by atoms with Crippen LogP contribution in [0.2, 0.25) is 5.02 Å². The van der Waals surface area contributed by atoms with Gasteiger partial charge in [0.15, 0.2) is 0 Å². The Balaban J connectivity index is 1.71. The summed E-state index contributed by atoms with van der Waals surface area (Å²) in [4.78, 5) is 24.6. The molecule has 0 aliphatic carbocycles. The van der Waals surface area contributed by atoms with Gasteiger partial charge in [-0.3, -0.25) is 9.48 Å². The average Bonchev–Trinajstić information content (AvgIpc) is 3.02. The van der Waals surface area contributed by atoms with Crippen molar-refractivity contribution in [1.29, 1.82) is 0 Å². The number of nitrogens with zero attached hydrogens (tertiary/aromatic N) is 2. The molecule has 2 heterocycles. The monoisotopic (exact) mass is 367 g/mol. The van der Waals surface area contributed by atoms with Crippen molar-refractivity contribution in [2.24, 2.45) is 0 Å². The molecule has 0 bridgehead atoms. The van der Waals surface area contributed by atoms with E-state index in [4.69, 9.17) is 16.0 Å². The second-order valence-corrected chi connectivity index (χ2v) is 6.39. The first kappa shape index (κ1) is 16.4. The highest BCUT2D eigenvalue weighted by atomic mass is 35.5. The quantitative estimate of drug-likeness (QED) is 0.559. The maximum atomic E-state index is 12.4. The van der Waals surface area contributed by atoms with Crippen molar-refractivity contribution in [3.05, 3.63) is 69.7 Å². The van der Waals surface area contributed by atoms with Crippen molar-refractivity contribution in [3.8, 4) is 0 Å². The molecule has 0 aliphatic rings.